The van der Waals surface area contributed by atoms with E-state index in [0.29, 0.717) is 5.92 Å². The predicted octanol–water partition coefficient (Wildman–Crippen LogP) is 4.71. The zero-order valence-corrected chi connectivity index (χ0v) is 12.2. The van der Waals surface area contributed by atoms with Crippen LogP contribution in [0.3, 0.4) is 0 Å². The van der Waals surface area contributed by atoms with Gasteiger partial charge in [-0.2, -0.15) is 0 Å². The highest BCUT2D eigenvalue weighted by molar-refractivity contribution is 9.10. The molecule has 0 N–H and O–H groups in total. The molecule has 18 heavy (non-hydrogen) atoms. The van der Waals surface area contributed by atoms with Crippen molar-refractivity contribution in [2.24, 2.45) is 0 Å². The number of anilines is 1. The van der Waals surface area contributed by atoms with E-state index in [1.54, 1.807) is 0 Å². The van der Waals surface area contributed by atoms with E-state index in [4.69, 9.17) is 11.6 Å². The summed E-state index contributed by atoms with van der Waals surface area (Å²) in [5.74, 6) is 0.636. The van der Waals surface area contributed by atoms with Gasteiger partial charge >= 0.3 is 0 Å². The SMILES string of the molecule is Clc1cccc(N2CC(c3ccccc3)C2)c1Br. The fourth-order valence-corrected chi connectivity index (χ4v) is 3.03. The van der Waals surface area contributed by atoms with Crippen LogP contribution in [0.5, 0.6) is 0 Å². The summed E-state index contributed by atoms with van der Waals surface area (Å²) in [6.45, 7) is 2.12. The standard InChI is InChI=1S/C15H13BrClN/c16-15-13(17)7-4-8-14(15)18-9-12(10-18)11-5-2-1-3-6-11/h1-8,12H,9-10H2. The van der Waals surface area contributed by atoms with Gasteiger partial charge in [0.2, 0.25) is 0 Å². The third-order valence-corrected chi connectivity index (χ3v) is 4.80. The Morgan fingerprint density at radius 2 is 1.72 bits per heavy atom. The molecule has 2 aromatic carbocycles. The normalized spacial score (nSPS) is 15.6. The summed E-state index contributed by atoms with van der Waals surface area (Å²) >= 11 is 9.68. The van der Waals surface area contributed by atoms with Gasteiger partial charge in [0.25, 0.3) is 0 Å². The predicted molar refractivity (Wildman–Crippen MR) is 80.5 cm³/mol. The van der Waals surface area contributed by atoms with Gasteiger partial charge in [-0.25, -0.2) is 0 Å². The maximum Gasteiger partial charge on any atom is 0.0595 e. The van der Waals surface area contributed by atoms with Gasteiger partial charge < -0.3 is 4.90 Å². The third-order valence-electron chi connectivity index (χ3n) is 3.42. The van der Waals surface area contributed by atoms with E-state index in [-0.39, 0.29) is 0 Å². The van der Waals surface area contributed by atoms with Gasteiger partial charge in [-0.05, 0) is 33.6 Å². The molecule has 0 saturated carbocycles. The van der Waals surface area contributed by atoms with E-state index in [2.05, 4.69) is 57.2 Å². The van der Waals surface area contributed by atoms with Crippen LogP contribution in [-0.4, -0.2) is 13.1 Å². The average molecular weight is 323 g/mol. The minimum Gasteiger partial charge on any atom is -0.369 e. The molecule has 2 aromatic rings. The highest BCUT2D eigenvalue weighted by Gasteiger charge is 2.29. The first-order valence-corrected chi connectivity index (χ1v) is 7.16. The van der Waals surface area contributed by atoms with E-state index < -0.39 is 0 Å². The lowest BCUT2D eigenvalue weighted by Gasteiger charge is -2.42. The molecule has 0 bridgehead atoms. The minimum atomic E-state index is 0.636. The Bertz CT molecular complexity index is 550. The van der Waals surface area contributed by atoms with E-state index in [1.165, 1.54) is 11.3 Å². The van der Waals surface area contributed by atoms with Crippen LogP contribution in [0.15, 0.2) is 53.0 Å². The molecule has 92 valence electrons. The smallest absolute Gasteiger partial charge is 0.0595 e. The van der Waals surface area contributed by atoms with Gasteiger partial charge in [-0.3, -0.25) is 0 Å². The molecule has 3 rings (SSSR count). The first-order chi connectivity index (χ1) is 8.75. The Hall–Kier alpha value is -0.990. The van der Waals surface area contributed by atoms with Crippen molar-refractivity contribution in [2.75, 3.05) is 18.0 Å². The van der Waals surface area contributed by atoms with E-state index >= 15 is 0 Å². The monoisotopic (exact) mass is 321 g/mol. The van der Waals surface area contributed by atoms with Crippen molar-refractivity contribution in [1.29, 1.82) is 0 Å². The summed E-state index contributed by atoms with van der Waals surface area (Å²) in [5, 5.41) is 0.774. The van der Waals surface area contributed by atoms with E-state index in [0.717, 1.165) is 22.6 Å². The topological polar surface area (TPSA) is 3.24 Å². The lowest BCUT2D eigenvalue weighted by molar-refractivity contribution is 0.524. The van der Waals surface area contributed by atoms with Crippen LogP contribution in [0.2, 0.25) is 5.02 Å². The fourth-order valence-electron chi connectivity index (χ4n) is 2.35. The zero-order chi connectivity index (χ0) is 12.5. The molecule has 0 unspecified atom stereocenters. The molecule has 0 aliphatic carbocycles. The maximum absolute atomic E-state index is 6.12. The summed E-state index contributed by atoms with van der Waals surface area (Å²) < 4.78 is 0.998. The summed E-state index contributed by atoms with van der Waals surface area (Å²) in [6, 6.07) is 16.7. The molecular weight excluding hydrogens is 310 g/mol. The zero-order valence-electron chi connectivity index (χ0n) is 9.81. The molecule has 1 aliphatic rings. The summed E-state index contributed by atoms with van der Waals surface area (Å²) in [6.07, 6.45) is 0. The molecule has 0 atom stereocenters. The Morgan fingerprint density at radius 1 is 1.00 bits per heavy atom. The van der Waals surface area contributed by atoms with Crippen molar-refractivity contribution in [3.05, 3.63) is 63.6 Å². The molecule has 0 amide bonds. The Balaban J connectivity index is 1.74. The first kappa shape index (κ1) is 12.1. The number of hydrogen-bond donors (Lipinski definition) is 0. The molecule has 1 aliphatic heterocycles. The van der Waals surface area contributed by atoms with Crippen LogP contribution in [0.1, 0.15) is 11.5 Å². The van der Waals surface area contributed by atoms with Crippen LogP contribution in [0, 0.1) is 0 Å². The lowest BCUT2D eigenvalue weighted by atomic mass is 9.91. The summed E-state index contributed by atoms with van der Waals surface area (Å²) in [5.41, 5.74) is 2.61. The van der Waals surface area contributed by atoms with Crippen LogP contribution in [-0.2, 0) is 0 Å². The summed E-state index contributed by atoms with van der Waals surface area (Å²) in [4.78, 5) is 2.35. The quantitative estimate of drug-likeness (QED) is 0.774. The van der Waals surface area contributed by atoms with Crippen LogP contribution >= 0.6 is 27.5 Å². The number of hydrogen-bond acceptors (Lipinski definition) is 1. The fraction of sp³-hybridized carbons (Fsp3) is 0.200. The van der Waals surface area contributed by atoms with Crippen molar-refractivity contribution in [1.82, 2.24) is 0 Å². The number of benzene rings is 2. The molecule has 0 aromatic heterocycles. The number of halogens is 2. The Morgan fingerprint density at radius 3 is 2.44 bits per heavy atom. The van der Waals surface area contributed by atoms with Crippen LogP contribution in [0.4, 0.5) is 5.69 Å². The van der Waals surface area contributed by atoms with Crippen LogP contribution in [0.25, 0.3) is 0 Å². The van der Waals surface area contributed by atoms with Gasteiger partial charge in [-0.15, -0.1) is 0 Å². The lowest BCUT2D eigenvalue weighted by Crippen LogP contribution is -2.45. The van der Waals surface area contributed by atoms with Gasteiger partial charge in [0.15, 0.2) is 0 Å². The van der Waals surface area contributed by atoms with Gasteiger partial charge in [-0.1, -0.05) is 48.0 Å². The highest BCUT2D eigenvalue weighted by atomic mass is 79.9. The molecule has 0 radical (unpaired) electrons. The van der Waals surface area contributed by atoms with Crippen molar-refractivity contribution >= 4 is 33.2 Å². The Labute approximate surface area is 121 Å². The van der Waals surface area contributed by atoms with Crippen molar-refractivity contribution in [2.45, 2.75) is 5.92 Å². The molecular formula is C15H13BrClN. The van der Waals surface area contributed by atoms with Crippen molar-refractivity contribution in [3.8, 4) is 0 Å². The molecule has 1 nitrogen and oxygen atoms in total. The van der Waals surface area contributed by atoms with Gasteiger partial charge in [0.05, 0.1) is 15.2 Å². The molecule has 0 spiro atoms. The van der Waals surface area contributed by atoms with Crippen molar-refractivity contribution in [3.63, 3.8) is 0 Å². The van der Waals surface area contributed by atoms with Crippen LogP contribution < -0.4 is 4.90 Å². The second kappa shape index (κ2) is 4.94. The van der Waals surface area contributed by atoms with E-state index in [1.807, 2.05) is 12.1 Å². The number of nitrogens with zero attached hydrogens (tertiary/aromatic N) is 1. The van der Waals surface area contributed by atoms with Gasteiger partial charge in [0.1, 0.15) is 0 Å². The highest BCUT2D eigenvalue weighted by Crippen LogP contribution is 2.38. The van der Waals surface area contributed by atoms with Crippen molar-refractivity contribution < 1.29 is 0 Å². The van der Waals surface area contributed by atoms with Gasteiger partial charge in [0, 0.05) is 19.0 Å². The molecule has 3 heteroatoms. The second-order valence-electron chi connectivity index (χ2n) is 4.59. The largest absolute Gasteiger partial charge is 0.369 e. The number of rotatable bonds is 2. The third kappa shape index (κ3) is 2.15. The maximum atomic E-state index is 6.12. The molecule has 1 fully saturated rings. The first-order valence-electron chi connectivity index (χ1n) is 5.99. The molecule has 1 saturated heterocycles. The Kier molecular flexibility index (Phi) is 3.31. The van der Waals surface area contributed by atoms with E-state index in [9.17, 15) is 0 Å². The minimum absolute atomic E-state index is 0.636. The second-order valence-corrected chi connectivity index (χ2v) is 5.79. The molecule has 1 heterocycles. The average Bonchev–Trinajstić information content (AvgIpc) is 2.34. The summed E-state index contributed by atoms with van der Waals surface area (Å²) in [7, 11) is 0.